The van der Waals surface area contributed by atoms with Crippen LogP contribution in [0.3, 0.4) is 0 Å². The molecule has 6 aromatic rings. The molecule has 0 aliphatic carbocycles. The number of benzene rings is 2. The highest BCUT2D eigenvalue weighted by molar-refractivity contribution is 7.20. The quantitative estimate of drug-likeness (QED) is 0.330. The van der Waals surface area contributed by atoms with Crippen molar-refractivity contribution in [2.45, 2.75) is 0 Å². The van der Waals surface area contributed by atoms with Crippen LogP contribution >= 0.6 is 0 Å². The van der Waals surface area contributed by atoms with Crippen LogP contribution in [0.4, 0.5) is 0 Å². The third kappa shape index (κ3) is 4.05. The van der Waals surface area contributed by atoms with Crippen LogP contribution in [0.15, 0.2) is 146 Å². The van der Waals surface area contributed by atoms with Gasteiger partial charge < -0.3 is 0 Å². The molecule has 0 unspecified atom stereocenters. The van der Waals surface area contributed by atoms with Crippen LogP contribution in [-0.2, 0) is 0 Å². The number of hydrogen-bond donors (Lipinski definition) is 0. The molecule has 176 valence electrons. The Hall–Kier alpha value is -4.74. The lowest BCUT2D eigenvalue weighted by atomic mass is 10.2. The van der Waals surface area contributed by atoms with Crippen molar-refractivity contribution in [3.63, 3.8) is 0 Å². The van der Waals surface area contributed by atoms with Gasteiger partial charge in [-0.25, -0.2) is 0 Å². The van der Waals surface area contributed by atoms with Gasteiger partial charge in [-0.15, -0.1) is 0 Å². The van der Waals surface area contributed by atoms with E-state index in [0.29, 0.717) is 0 Å². The Morgan fingerprint density at radius 3 is 1.16 bits per heavy atom. The summed E-state index contributed by atoms with van der Waals surface area (Å²) >= 11 is 0. The van der Waals surface area contributed by atoms with Crippen molar-refractivity contribution in [2.75, 3.05) is 0 Å². The molecule has 37 heavy (non-hydrogen) atoms. The minimum Gasteiger partial charge on any atom is -0.264 e. The van der Waals surface area contributed by atoms with E-state index in [9.17, 15) is 0 Å². The van der Waals surface area contributed by atoms with Gasteiger partial charge in [-0.2, -0.15) is 0 Å². The maximum Gasteiger partial charge on any atom is 0.224 e. The summed E-state index contributed by atoms with van der Waals surface area (Å²) in [5.74, 6) is 0. The Labute approximate surface area is 217 Å². The van der Waals surface area contributed by atoms with Crippen LogP contribution in [0.5, 0.6) is 0 Å². The van der Waals surface area contributed by atoms with E-state index in [2.05, 4.69) is 72.8 Å². The van der Waals surface area contributed by atoms with Gasteiger partial charge in [0.2, 0.25) is 8.07 Å². The highest BCUT2D eigenvalue weighted by atomic mass is 28.3. The van der Waals surface area contributed by atoms with Gasteiger partial charge in [-0.1, -0.05) is 72.8 Å². The molecule has 4 aromatic heterocycles. The zero-order valence-electron chi connectivity index (χ0n) is 20.1. The molecule has 2 aromatic carbocycles. The molecule has 0 amide bonds. The first-order valence-corrected chi connectivity index (χ1v) is 14.2. The fraction of sp³-hybridized carbons (Fsp3) is 0. The topological polar surface area (TPSA) is 51.6 Å². The Kier molecular flexibility index (Phi) is 6.19. The van der Waals surface area contributed by atoms with E-state index in [1.54, 1.807) is 0 Å². The average Bonchev–Trinajstić information content (AvgIpc) is 3.00. The maximum atomic E-state index is 5.15. The molecule has 5 heteroatoms. The van der Waals surface area contributed by atoms with Gasteiger partial charge in [-0.05, 0) is 58.9 Å². The minimum atomic E-state index is -3.06. The van der Waals surface area contributed by atoms with Crippen molar-refractivity contribution in [3.05, 3.63) is 146 Å². The van der Waals surface area contributed by atoms with Gasteiger partial charge in [0.15, 0.2) is 0 Å². The van der Waals surface area contributed by atoms with Crippen molar-refractivity contribution in [1.29, 1.82) is 0 Å². The summed E-state index contributed by atoms with van der Waals surface area (Å²) in [7, 11) is -3.06. The zero-order chi connectivity index (χ0) is 24.9. The highest BCUT2D eigenvalue weighted by Gasteiger charge is 2.47. The van der Waals surface area contributed by atoms with Crippen LogP contribution in [0.1, 0.15) is 0 Å². The molecule has 0 saturated carbocycles. The van der Waals surface area contributed by atoms with E-state index in [4.69, 9.17) is 19.9 Å². The molecule has 4 nitrogen and oxygen atoms in total. The first-order chi connectivity index (χ1) is 18.4. The molecule has 0 atom stereocenters. The predicted octanol–water partition coefficient (Wildman–Crippen LogP) is 3.98. The van der Waals surface area contributed by atoms with Gasteiger partial charge >= 0.3 is 0 Å². The molecule has 0 radical (unpaired) electrons. The second kappa shape index (κ2) is 10.1. The summed E-state index contributed by atoms with van der Waals surface area (Å²) in [4.78, 5) is 19.8. The normalized spacial score (nSPS) is 11.2. The van der Waals surface area contributed by atoms with E-state index in [1.807, 2.05) is 73.3 Å². The van der Waals surface area contributed by atoms with Crippen molar-refractivity contribution in [1.82, 2.24) is 19.9 Å². The Balaban J connectivity index is 1.80. The fourth-order valence-corrected chi connectivity index (χ4v) is 9.87. The van der Waals surface area contributed by atoms with E-state index in [1.165, 1.54) is 10.4 Å². The van der Waals surface area contributed by atoms with Crippen LogP contribution < -0.4 is 21.0 Å². The van der Waals surface area contributed by atoms with E-state index >= 15 is 0 Å². The molecule has 0 saturated heterocycles. The molecular weight excluding hydrogens is 468 g/mol. The van der Waals surface area contributed by atoms with Gasteiger partial charge in [-0.3, -0.25) is 19.9 Å². The van der Waals surface area contributed by atoms with Crippen LogP contribution in [0, 0.1) is 0 Å². The number of aromatic nitrogens is 4. The summed E-state index contributed by atoms with van der Waals surface area (Å²) in [6.45, 7) is 0. The number of rotatable bonds is 6. The lowest BCUT2D eigenvalue weighted by molar-refractivity contribution is 1.29. The summed E-state index contributed by atoms with van der Waals surface area (Å²) in [5.41, 5.74) is 3.81. The Morgan fingerprint density at radius 2 is 0.757 bits per heavy atom. The fourth-order valence-electron chi connectivity index (χ4n) is 5.07. The standard InChI is InChI=1S/C32H24N4Si/c1-3-13-25(14-4-1)37(26-15-5-2-6-16-26,31-27(17-11-23-35-31)29-19-7-9-21-33-29)32-28(18-12-24-36-32)30-20-8-10-22-34-30/h1-24H. The lowest BCUT2D eigenvalue weighted by Crippen LogP contribution is -2.77. The lowest BCUT2D eigenvalue weighted by Gasteiger charge is -2.34. The SMILES string of the molecule is c1ccc([Si](c2ccccc2)(c2ncccc2-c2ccccn2)c2ncccc2-c2ccccn2)cc1. The monoisotopic (exact) mass is 492 g/mol. The Bertz CT molecular complexity index is 1480. The molecule has 4 heterocycles. The van der Waals surface area contributed by atoms with Gasteiger partial charge in [0.25, 0.3) is 0 Å². The third-order valence-corrected chi connectivity index (χ3v) is 11.2. The van der Waals surface area contributed by atoms with Crippen molar-refractivity contribution < 1.29 is 0 Å². The number of nitrogens with zero attached hydrogens (tertiary/aromatic N) is 4. The first-order valence-electron chi connectivity index (χ1n) is 12.2. The number of hydrogen-bond acceptors (Lipinski definition) is 4. The Morgan fingerprint density at radius 1 is 0.351 bits per heavy atom. The summed E-state index contributed by atoms with van der Waals surface area (Å²) < 4.78 is 0. The second-order valence-electron chi connectivity index (χ2n) is 8.71. The largest absolute Gasteiger partial charge is 0.264 e. The molecule has 0 bridgehead atoms. The molecule has 0 aliphatic rings. The zero-order valence-corrected chi connectivity index (χ0v) is 21.1. The van der Waals surface area contributed by atoms with Gasteiger partial charge in [0, 0.05) is 35.9 Å². The molecular formula is C32H24N4Si. The number of pyridine rings is 4. The average molecular weight is 493 g/mol. The van der Waals surface area contributed by atoms with Crippen molar-refractivity contribution >= 4 is 29.1 Å². The first kappa shape index (κ1) is 22.7. The third-order valence-electron chi connectivity index (χ3n) is 6.62. The summed E-state index contributed by atoms with van der Waals surface area (Å²) in [6.07, 6.45) is 7.44. The smallest absolute Gasteiger partial charge is 0.224 e. The van der Waals surface area contributed by atoms with E-state index in [0.717, 1.165) is 33.1 Å². The maximum absolute atomic E-state index is 5.15. The molecule has 0 N–H and O–H groups in total. The predicted molar refractivity (Wildman–Crippen MR) is 152 cm³/mol. The summed E-state index contributed by atoms with van der Waals surface area (Å²) in [6, 6.07) is 41.6. The second-order valence-corrected chi connectivity index (χ2v) is 12.3. The van der Waals surface area contributed by atoms with Crippen LogP contribution in [0.2, 0.25) is 0 Å². The van der Waals surface area contributed by atoms with E-state index < -0.39 is 8.07 Å². The highest BCUT2D eigenvalue weighted by Crippen LogP contribution is 2.22. The molecule has 0 aliphatic heterocycles. The molecule has 6 rings (SSSR count). The van der Waals surface area contributed by atoms with Crippen LogP contribution in [-0.4, -0.2) is 28.0 Å². The van der Waals surface area contributed by atoms with Crippen molar-refractivity contribution in [3.8, 4) is 22.5 Å². The van der Waals surface area contributed by atoms with Crippen LogP contribution in [0.25, 0.3) is 22.5 Å². The molecule has 0 fully saturated rings. The minimum absolute atomic E-state index is 0.893. The van der Waals surface area contributed by atoms with Gasteiger partial charge in [0.1, 0.15) is 0 Å². The van der Waals surface area contributed by atoms with E-state index in [-0.39, 0.29) is 0 Å². The van der Waals surface area contributed by atoms with Gasteiger partial charge in [0.05, 0.1) is 22.0 Å². The van der Waals surface area contributed by atoms with Crippen molar-refractivity contribution in [2.24, 2.45) is 0 Å². The summed E-state index contributed by atoms with van der Waals surface area (Å²) in [5, 5.41) is 4.41. The molecule has 0 spiro atoms.